The molecule has 0 fully saturated rings. The molecule has 1 atom stereocenters. The molecule has 10 nitrogen and oxygen atoms in total. The highest BCUT2D eigenvalue weighted by molar-refractivity contribution is 5.84. The number of nitrogens with zero attached hydrogens (tertiary/aromatic N) is 2. The van der Waals surface area contributed by atoms with Gasteiger partial charge in [-0.05, 0) is 53.5 Å². The molecule has 0 N–H and O–H groups in total. The predicted molar refractivity (Wildman–Crippen MR) is 134 cm³/mol. The summed E-state index contributed by atoms with van der Waals surface area (Å²) in [6.07, 6.45) is -2.30. The average Bonchev–Trinajstić information content (AvgIpc) is 2.78. The van der Waals surface area contributed by atoms with Gasteiger partial charge in [0.1, 0.15) is 31.3 Å². The van der Waals surface area contributed by atoms with Crippen LogP contribution >= 0.6 is 0 Å². The molecule has 11 heteroatoms. The second-order valence-corrected chi connectivity index (χ2v) is 10.4. The highest BCUT2D eigenvalue weighted by atomic mass is 19.1. The SMILES string of the molecule is COCN(CCC[C@@](F)(C(=O)OCc1ccccc1)N(COC)C(=O)OC(C)(C)C)C(=O)OC(C)(C)C. The van der Waals surface area contributed by atoms with E-state index in [0.29, 0.717) is 10.5 Å². The van der Waals surface area contributed by atoms with Gasteiger partial charge in [0.05, 0.1) is 0 Å². The van der Waals surface area contributed by atoms with Crippen molar-refractivity contribution in [1.29, 1.82) is 0 Å². The van der Waals surface area contributed by atoms with Crippen LogP contribution in [0.25, 0.3) is 0 Å². The number of rotatable bonds is 12. The third-order valence-electron chi connectivity index (χ3n) is 4.70. The first kappa shape index (κ1) is 32.1. The standard InChI is InChI=1S/C26H41FN2O8/c1-24(2,3)36-22(31)28(18-33-7)16-12-15-26(27,21(30)35-17-20-13-10-9-11-14-20)29(19-34-8)23(32)37-25(4,5)6/h9-11,13-14H,12,15-19H2,1-8H3/t26-/m0/s1. The number of halogens is 1. The summed E-state index contributed by atoms with van der Waals surface area (Å²) >= 11 is 0. The lowest BCUT2D eigenvalue weighted by atomic mass is 10.1. The Balaban J connectivity index is 3.16. The number of hydrogen-bond acceptors (Lipinski definition) is 8. The Bertz CT molecular complexity index is 870. The topological polar surface area (TPSA) is 104 Å². The van der Waals surface area contributed by atoms with Crippen molar-refractivity contribution in [3.05, 3.63) is 35.9 Å². The molecule has 1 rings (SSSR count). The molecule has 210 valence electrons. The van der Waals surface area contributed by atoms with E-state index >= 15 is 4.39 Å². The van der Waals surface area contributed by atoms with Gasteiger partial charge < -0.3 is 23.7 Å². The van der Waals surface area contributed by atoms with E-state index in [1.807, 2.05) is 0 Å². The molecule has 0 bridgehead atoms. The number of ether oxygens (including phenoxy) is 5. The second-order valence-electron chi connectivity index (χ2n) is 10.4. The Hall–Kier alpha value is -2.92. The Kier molecular flexibility index (Phi) is 12.3. The molecule has 0 aromatic heterocycles. The van der Waals surface area contributed by atoms with Gasteiger partial charge in [0.15, 0.2) is 0 Å². The summed E-state index contributed by atoms with van der Waals surface area (Å²) in [7, 11) is 2.66. The highest BCUT2D eigenvalue weighted by Crippen LogP contribution is 2.29. The zero-order chi connectivity index (χ0) is 28.3. The maximum absolute atomic E-state index is 16.6. The lowest BCUT2D eigenvalue weighted by molar-refractivity contribution is -0.181. The van der Waals surface area contributed by atoms with E-state index in [-0.39, 0.29) is 26.3 Å². The van der Waals surface area contributed by atoms with Gasteiger partial charge in [-0.3, -0.25) is 4.90 Å². The molecule has 0 unspecified atom stereocenters. The first-order chi connectivity index (χ1) is 17.1. The molecule has 0 aliphatic carbocycles. The van der Waals surface area contributed by atoms with E-state index in [0.717, 1.165) is 0 Å². The number of methoxy groups -OCH3 is 2. The zero-order valence-corrected chi connectivity index (χ0v) is 23.2. The molecule has 2 amide bonds. The first-order valence-electron chi connectivity index (χ1n) is 12.0. The number of hydrogen-bond donors (Lipinski definition) is 0. The summed E-state index contributed by atoms with van der Waals surface area (Å²) < 4.78 is 42.6. The minimum absolute atomic E-state index is 0.0183. The minimum Gasteiger partial charge on any atom is -0.457 e. The van der Waals surface area contributed by atoms with Crippen molar-refractivity contribution in [2.45, 2.75) is 78.0 Å². The van der Waals surface area contributed by atoms with Gasteiger partial charge >= 0.3 is 18.2 Å². The Morgan fingerprint density at radius 2 is 1.38 bits per heavy atom. The van der Waals surface area contributed by atoms with Gasteiger partial charge in [-0.25, -0.2) is 23.7 Å². The maximum atomic E-state index is 16.6. The number of carbonyl (C=O) groups is 3. The zero-order valence-electron chi connectivity index (χ0n) is 23.2. The van der Waals surface area contributed by atoms with Crippen LogP contribution in [-0.2, 0) is 35.1 Å². The van der Waals surface area contributed by atoms with E-state index < -0.39 is 48.3 Å². The van der Waals surface area contributed by atoms with Crippen molar-refractivity contribution >= 4 is 18.2 Å². The molecule has 0 saturated heterocycles. The number of benzene rings is 1. The van der Waals surface area contributed by atoms with E-state index in [1.54, 1.807) is 71.9 Å². The van der Waals surface area contributed by atoms with E-state index in [9.17, 15) is 14.4 Å². The lowest BCUT2D eigenvalue weighted by Crippen LogP contribution is -2.56. The van der Waals surface area contributed by atoms with Crippen molar-refractivity contribution in [2.24, 2.45) is 0 Å². The van der Waals surface area contributed by atoms with Crippen molar-refractivity contribution in [2.75, 3.05) is 34.2 Å². The monoisotopic (exact) mass is 528 g/mol. The molecule has 0 heterocycles. The van der Waals surface area contributed by atoms with E-state index in [1.165, 1.54) is 19.1 Å². The van der Waals surface area contributed by atoms with Crippen molar-refractivity contribution in [3.8, 4) is 0 Å². The quantitative estimate of drug-likeness (QED) is 0.164. The van der Waals surface area contributed by atoms with Crippen molar-refractivity contribution in [3.63, 3.8) is 0 Å². The Morgan fingerprint density at radius 3 is 1.89 bits per heavy atom. The summed E-state index contributed by atoms with van der Waals surface area (Å²) in [5.74, 6) is -4.23. The molecule has 0 spiro atoms. The van der Waals surface area contributed by atoms with Crippen LogP contribution in [0.1, 0.15) is 59.9 Å². The summed E-state index contributed by atoms with van der Waals surface area (Å²) in [4.78, 5) is 40.3. The van der Waals surface area contributed by atoms with Crippen LogP contribution < -0.4 is 0 Å². The summed E-state index contributed by atoms with van der Waals surface area (Å²) in [5.41, 5.74) is -1.06. The van der Waals surface area contributed by atoms with E-state index in [2.05, 4.69) is 0 Å². The van der Waals surface area contributed by atoms with Crippen LogP contribution in [0.3, 0.4) is 0 Å². The van der Waals surface area contributed by atoms with Gasteiger partial charge in [0.2, 0.25) is 0 Å². The van der Waals surface area contributed by atoms with Crippen LogP contribution in [0.4, 0.5) is 14.0 Å². The lowest BCUT2D eigenvalue weighted by Gasteiger charge is -2.36. The molecular formula is C26H41FN2O8. The predicted octanol–water partition coefficient (Wildman–Crippen LogP) is 4.86. The Labute approximate surface area is 218 Å². The first-order valence-corrected chi connectivity index (χ1v) is 12.0. The van der Waals surface area contributed by atoms with Gasteiger partial charge in [-0.15, -0.1) is 0 Å². The normalized spacial score (nSPS) is 13.3. The summed E-state index contributed by atoms with van der Waals surface area (Å²) in [5, 5.41) is 0. The molecule has 37 heavy (non-hydrogen) atoms. The molecular weight excluding hydrogens is 487 g/mol. The molecule has 0 radical (unpaired) electrons. The van der Waals surface area contributed by atoms with Crippen LogP contribution in [0.15, 0.2) is 30.3 Å². The van der Waals surface area contributed by atoms with Crippen LogP contribution in [0, 0.1) is 0 Å². The Morgan fingerprint density at radius 1 is 0.838 bits per heavy atom. The third kappa shape index (κ3) is 11.3. The fraction of sp³-hybridized carbons (Fsp3) is 0.654. The van der Waals surface area contributed by atoms with Crippen LogP contribution in [0.2, 0.25) is 0 Å². The smallest absolute Gasteiger partial charge is 0.415 e. The largest absolute Gasteiger partial charge is 0.457 e. The van der Waals surface area contributed by atoms with Crippen molar-refractivity contribution in [1.82, 2.24) is 9.80 Å². The van der Waals surface area contributed by atoms with Crippen LogP contribution in [0.5, 0.6) is 0 Å². The maximum Gasteiger partial charge on any atom is 0.415 e. The molecule has 1 aromatic carbocycles. The van der Waals surface area contributed by atoms with Gasteiger partial charge in [0.25, 0.3) is 5.79 Å². The van der Waals surface area contributed by atoms with Gasteiger partial charge in [-0.1, -0.05) is 30.3 Å². The summed E-state index contributed by atoms with van der Waals surface area (Å²) in [6, 6.07) is 8.74. The third-order valence-corrected chi connectivity index (χ3v) is 4.70. The molecule has 1 aromatic rings. The van der Waals surface area contributed by atoms with Crippen molar-refractivity contribution < 1.29 is 42.5 Å². The summed E-state index contributed by atoms with van der Waals surface area (Å²) in [6.45, 7) is 9.11. The number of carbonyl (C=O) groups excluding carboxylic acids is 3. The number of alkyl halides is 1. The molecule has 0 saturated carbocycles. The molecule has 0 aliphatic heterocycles. The second kappa shape index (κ2) is 14.1. The number of amides is 2. The fourth-order valence-corrected chi connectivity index (χ4v) is 3.12. The minimum atomic E-state index is -2.94. The van der Waals surface area contributed by atoms with Gasteiger partial charge in [-0.2, -0.15) is 0 Å². The highest BCUT2D eigenvalue weighted by Gasteiger charge is 2.50. The average molecular weight is 529 g/mol. The fourth-order valence-electron chi connectivity index (χ4n) is 3.12. The molecule has 0 aliphatic rings. The van der Waals surface area contributed by atoms with Crippen LogP contribution in [-0.4, -0.2) is 79.2 Å². The van der Waals surface area contributed by atoms with E-state index in [4.69, 9.17) is 23.7 Å². The number of esters is 1. The van der Waals surface area contributed by atoms with Gasteiger partial charge in [0, 0.05) is 27.2 Å².